The van der Waals surface area contributed by atoms with Crippen LogP contribution in [0.5, 0.6) is 5.75 Å². The van der Waals surface area contributed by atoms with Crippen molar-refractivity contribution in [3.8, 4) is 11.8 Å². The molecule has 2 atom stereocenters. The van der Waals surface area contributed by atoms with Crippen molar-refractivity contribution >= 4 is 17.6 Å². The van der Waals surface area contributed by atoms with Crippen molar-refractivity contribution < 1.29 is 9.53 Å². The van der Waals surface area contributed by atoms with Gasteiger partial charge in [-0.3, -0.25) is 4.79 Å². The Labute approximate surface area is 135 Å². The zero-order valence-corrected chi connectivity index (χ0v) is 13.1. The molecule has 4 heteroatoms. The SMILES string of the molecule is N#Cc1ccccc1OC(=O)C12C[C@H]3C[C@@H](CC(Cl)(C3)C1)C2. The van der Waals surface area contributed by atoms with Crippen LogP contribution in [-0.4, -0.2) is 10.8 Å². The summed E-state index contributed by atoms with van der Waals surface area (Å²) < 4.78 is 5.65. The van der Waals surface area contributed by atoms with Gasteiger partial charge in [-0.15, -0.1) is 11.6 Å². The molecule has 0 unspecified atom stereocenters. The van der Waals surface area contributed by atoms with Crippen LogP contribution in [0.1, 0.15) is 44.1 Å². The molecule has 4 aliphatic carbocycles. The van der Waals surface area contributed by atoms with E-state index in [-0.39, 0.29) is 10.8 Å². The number of carbonyl (C=O) groups is 1. The van der Waals surface area contributed by atoms with Crippen molar-refractivity contribution in [2.24, 2.45) is 17.3 Å². The number of ether oxygens (including phenoxy) is 1. The second kappa shape index (κ2) is 4.73. The Hall–Kier alpha value is -1.53. The van der Waals surface area contributed by atoms with Crippen molar-refractivity contribution in [1.29, 1.82) is 5.26 Å². The van der Waals surface area contributed by atoms with Gasteiger partial charge in [-0.2, -0.15) is 5.26 Å². The topological polar surface area (TPSA) is 50.1 Å². The molecule has 1 aromatic rings. The summed E-state index contributed by atoms with van der Waals surface area (Å²) in [4.78, 5) is 12.7. The summed E-state index contributed by atoms with van der Waals surface area (Å²) in [6.07, 6.45) is 5.79. The van der Waals surface area contributed by atoms with Crippen LogP contribution in [0.2, 0.25) is 0 Å². The summed E-state index contributed by atoms with van der Waals surface area (Å²) in [7, 11) is 0. The largest absolute Gasteiger partial charge is 0.425 e. The fourth-order valence-electron chi connectivity index (χ4n) is 5.25. The molecule has 0 amide bonds. The third-order valence-electron chi connectivity index (χ3n) is 5.63. The Morgan fingerprint density at radius 1 is 1.23 bits per heavy atom. The van der Waals surface area contributed by atoms with E-state index in [0.717, 1.165) is 32.1 Å². The number of carbonyl (C=O) groups excluding carboxylic acids is 1. The Morgan fingerprint density at radius 3 is 2.55 bits per heavy atom. The number of halogens is 1. The second-order valence-corrected chi connectivity index (χ2v) is 8.19. The van der Waals surface area contributed by atoms with Crippen molar-refractivity contribution in [3.63, 3.8) is 0 Å². The molecular weight excluding hydrogens is 298 g/mol. The lowest BCUT2D eigenvalue weighted by Crippen LogP contribution is -2.56. The fourth-order valence-corrected chi connectivity index (χ4v) is 5.94. The molecule has 0 spiro atoms. The number of esters is 1. The molecule has 4 fully saturated rings. The monoisotopic (exact) mass is 315 g/mol. The molecule has 0 saturated heterocycles. The quantitative estimate of drug-likeness (QED) is 0.470. The summed E-state index contributed by atoms with van der Waals surface area (Å²) in [5, 5.41) is 9.14. The number of para-hydroxylation sites is 1. The van der Waals surface area contributed by atoms with Crippen molar-refractivity contribution in [1.82, 2.24) is 0 Å². The van der Waals surface area contributed by atoms with Gasteiger partial charge in [0.25, 0.3) is 0 Å². The van der Waals surface area contributed by atoms with E-state index in [1.54, 1.807) is 24.3 Å². The third kappa shape index (κ3) is 2.13. The lowest BCUT2D eigenvalue weighted by molar-refractivity contribution is -0.160. The first-order chi connectivity index (χ1) is 10.5. The summed E-state index contributed by atoms with van der Waals surface area (Å²) in [6, 6.07) is 8.99. The van der Waals surface area contributed by atoms with Gasteiger partial charge in [-0.25, -0.2) is 0 Å². The molecule has 4 aliphatic rings. The van der Waals surface area contributed by atoms with E-state index < -0.39 is 5.41 Å². The Kier molecular flexibility index (Phi) is 3.03. The van der Waals surface area contributed by atoms with Crippen LogP contribution in [0.25, 0.3) is 0 Å². The molecule has 4 bridgehead atoms. The number of nitriles is 1. The zero-order chi connectivity index (χ0) is 15.4. The average molecular weight is 316 g/mol. The van der Waals surface area contributed by atoms with Crippen LogP contribution >= 0.6 is 11.6 Å². The predicted molar refractivity (Wildman–Crippen MR) is 82.5 cm³/mol. The lowest BCUT2D eigenvalue weighted by Gasteiger charge is -2.58. The highest BCUT2D eigenvalue weighted by molar-refractivity contribution is 6.24. The molecule has 1 aromatic carbocycles. The molecule has 0 N–H and O–H groups in total. The second-order valence-electron chi connectivity index (χ2n) is 7.39. The van der Waals surface area contributed by atoms with Gasteiger partial charge < -0.3 is 4.74 Å². The molecular formula is C18H18ClNO2. The smallest absolute Gasteiger partial charge is 0.317 e. The number of hydrogen-bond acceptors (Lipinski definition) is 3. The Morgan fingerprint density at radius 2 is 1.91 bits per heavy atom. The minimum Gasteiger partial charge on any atom is -0.425 e. The van der Waals surface area contributed by atoms with E-state index in [2.05, 4.69) is 6.07 Å². The van der Waals surface area contributed by atoms with Crippen LogP contribution in [-0.2, 0) is 4.79 Å². The number of nitrogens with zero attached hydrogens (tertiary/aromatic N) is 1. The van der Waals surface area contributed by atoms with E-state index in [4.69, 9.17) is 21.6 Å². The normalized spacial score (nSPS) is 38.5. The fraction of sp³-hybridized carbons (Fsp3) is 0.556. The number of alkyl halides is 1. The first kappa shape index (κ1) is 14.1. The van der Waals surface area contributed by atoms with Gasteiger partial charge in [-0.05, 0) is 62.5 Å². The molecule has 22 heavy (non-hydrogen) atoms. The van der Waals surface area contributed by atoms with Crippen molar-refractivity contribution in [2.45, 2.75) is 43.4 Å². The first-order valence-corrected chi connectivity index (χ1v) is 8.30. The van der Waals surface area contributed by atoms with Crippen LogP contribution in [0.3, 0.4) is 0 Å². The van der Waals surface area contributed by atoms with Crippen LogP contribution < -0.4 is 4.74 Å². The number of hydrogen-bond donors (Lipinski definition) is 0. The lowest BCUT2D eigenvalue weighted by atomic mass is 9.49. The standard InChI is InChI=1S/C18H18ClNO2/c19-18-8-12-5-13(9-18)7-17(6-12,11-18)16(21)22-15-4-2-1-3-14(15)10-20/h1-4,12-13H,5-9,11H2/t12-,13-,17?,18?/m1/s1. The van der Waals surface area contributed by atoms with Gasteiger partial charge in [-0.1, -0.05) is 12.1 Å². The molecule has 0 aliphatic heterocycles. The van der Waals surface area contributed by atoms with E-state index in [1.165, 1.54) is 6.42 Å². The number of rotatable bonds is 2. The van der Waals surface area contributed by atoms with E-state index >= 15 is 0 Å². The zero-order valence-electron chi connectivity index (χ0n) is 12.3. The van der Waals surface area contributed by atoms with E-state index in [1.807, 2.05) is 0 Å². The van der Waals surface area contributed by atoms with E-state index in [0.29, 0.717) is 23.1 Å². The molecule has 0 aromatic heterocycles. The number of benzene rings is 1. The molecule has 0 radical (unpaired) electrons. The Bertz CT molecular complexity index is 664. The van der Waals surface area contributed by atoms with Gasteiger partial charge in [0.05, 0.1) is 11.0 Å². The summed E-state index contributed by atoms with van der Waals surface area (Å²) in [6.45, 7) is 0. The maximum Gasteiger partial charge on any atom is 0.317 e. The van der Waals surface area contributed by atoms with Crippen LogP contribution in [0.4, 0.5) is 0 Å². The third-order valence-corrected chi connectivity index (χ3v) is 6.08. The molecule has 4 saturated carbocycles. The summed E-state index contributed by atoms with van der Waals surface area (Å²) in [5.41, 5.74) is -0.0323. The van der Waals surface area contributed by atoms with Gasteiger partial charge in [0, 0.05) is 4.87 Å². The maximum atomic E-state index is 12.9. The highest BCUT2D eigenvalue weighted by atomic mass is 35.5. The van der Waals surface area contributed by atoms with Gasteiger partial charge in [0.15, 0.2) is 0 Å². The molecule has 5 rings (SSSR count). The first-order valence-electron chi connectivity index (χ1n) is 7.92. The predicted octanol–water partition coefficient (Wildman–Crippen LogP) is 4.04. The summed E-state index contributed by atoms with van der Waals surface area (Å²) >= 11 is 6.77. The minimum atomic E-state index is -0.436. The van der Waals surface area contributed by atoms with Crippen molar-refractivity contribution in [3.05, 3.63) is 29.8 Å². The molecule has 3 nitrogen and oxygen atoms in total. The Balaban J connectivity index is 1.62. The van der Waals surface area contributed by atoms with Gasteiger partial charge in [0.1, 0.15) is 11.8 Å². The average Bonchev–Trinajstić information content (AvgIpc) is 2.45. The highest BCUT2D eigenvalue weighted by Crippen LogP contribution is 2.64. The van der Waals surface area contributed by atoms with Gasteiger partial charge >= 0.3 is 5.97 Å². The van der Waals surface area contributed by atoms with Crippen LogP contribution in [0, 0.1) is 28.6 Å². The summed E-state index contributed by atoms with van der Waals surface area (Å²) in [5.74, 6) is 1.29. The van der Waals surface area contributed by atoms with E-state index in [9.17, 15) is 4.79 Å². The molecule has 0 heterocycles. The van der Waals surface area contributed by atoms with Crippen molar-refractivity contribution in [2.75, 3.05) is 0 Å². The highest BCUT2D eigenvalue weighted by Gasteiger charge is 2.60. The van der Waals surface area contributed by atoms with Crippen LogP contribution in [0.15, 0.2) is 24.3 Å². The minimum absolute atomic E-state index is 0.186. The maximum absolute atomic E-state index is 12.9. The van der Waals surface area contributed by atoms with Gasteiger partial charge in [0.2, 0.25) is 0 Å². The molecule has 114 valence electrons.